The van der Waals surface area contributed by atoms with Gasteiger partial charge in [-0.2, -0.15) is 0 Å². The molecule has 0 radical (unpaired) electrons. The molecule has 4 heteroatoms. The van der Waals surface area contributed by atoms with Gasteiger partial charge in [0.05, 0.1) is 12.7 Å². The molecule has 2 aromatic rings. The van der Waals surface area contributed by atoms with Crippen molar-refractivity contribution in [2.75, 3.05) is 7.11 Å². The molecule has 0 saturated carbocycles. The lowest BCUT2D eigenvalue weighted by Crippen LogP contribution is -2.03. The van der Waals surface area contributed by atoms with Crippen LogP contribution in [0.25, 0.3) is 6.08 Å². The Labute approximate surface area is 135 Å². The van der Waals surface area contributed by atoms with Gasteiger partial charge in [-0.1, -0.05) is 42.0 Å². The summed E-state index contributed by atoms with van der Waals surface area (Å²) in [4.78, 5) is 23.0. The van der Waals surface area contributed by atoms with Gasteiger partial charge in [-0.25, -0.2) is 9.59 Å². The average molecular weight is 310 g/mol. The predicted octanol–water partition coefficient (Wildman–Crippen LogP) is 3.54. The van der Waals surface area contributed by atoms with E-state index < -0.39 is 11.9 Å². The Morgan fingerprint density at radius 2 is 1.65 bits per heavy atom. The molecule has 0 fully saturated rings. The largest absolute Gasteiger partial charge is 0.465 e. The van der Waals surface area contributed by atoms with Crippen molar-refractivity contribution in [2.24, 2.45) is 0 Å². The second kappa shape index (κ2) is 7.94. The topological polar surface area (TPSA) is 52.6 Å². The first-order valence-corrected chi connectivity index (χ1v) is 7.17. The maximum absolute atomic E-state index is 11.7. The highest BCUT2D eigenvalue weighted by atomic mass is 16.5. The molecule has 2 rings (SSSR count). The minimum absolute atomic E-state index is 0.151. The summed E-state index contributed by atoms with van der Waals surface area (Å²) in [5.74, 6) is -0.808. The smallest absolute Gasteiger partial charge is 0.337 e. The van der Waals surface area contributed by atoms with Gasteiger partial charge in [0.1, 0.15) is 6.61 Å². The van der Waals surface area contributed by atoms with Crippen LogP contribution < -0.4 is 0 Å². The van der Waals surface area contributed by atoms with Crippen molar-refractivity contribution in [2.45, 2.75) is 13.5 Å². The summed E-state index contributed by atoms with van der Waals surface area (Å²) in [6.45, 7) is 2.16. The second-order valence-electron chi connectivity index (χ2n) is 5.04. The van der Waals surface area contributed by atoms with Gasteiger partial charge in [-0.15, -0.1) is 0 Å². The molecule has 118 valence electrons. The first kappa shape index (κ1) is 16.5. The van der Waals surface area contributed by atoms with Crippen molar-refractivity contribution in [1.29, 1.82) is 0 Å². The fraction of sp³-hybridized carbons (Fsp3) is 0.158. The van der Waals surface area contributed by atoms with Crippen LogP contribution in [-0.4, -0.2) is 19.0 Å². The molecule has 0 aromatic heterocycles. The molecule has 0 saturated heterocycles. The molecule has 0 amide bonds. The summed E-state index contributed by atoms with van der Waals surface area (Å²) in [7, 11) is 1.33. The van der Waals surface area contributed by atoms with E-state index in [1.165, 1.54) is 18.7 Å². The number of ether oxygens (including phenoxy) is 2. The van der Waals surface area contributed by atoms with Crippen LogP contribution in [0.2, 0.25) is 0 Å². The Hall–Kier alpha value is -2.88. The van der Waals surface area contributed by atoms with Crippen molar-refractivity contribution in [3.63, 3.8) is 0 Å². The molecular weight excluding hydrogens is 292 g/mol. The van der Waals surface area contributed by atoms with Crippen LogP contribution in [0.3, 0.4) is 0 Å². The van der Waals surface area contributed by atoms with Crippen LogP contribution in [0.4, 0.5) is 0 Å². The zero-order valence-electron chi connectivity index (χ0n) is 13.1. The predicted molar refractivity (Wildman–Crippen MR) is 87.8 cm³/mol. The Morgan fingerprint density at radius 3 is 2.26 bits per heavy atom. The summed E-state index contributed by atoms with van der Waals surface area (Å²) in [5.41, 5.74) is 3.37. The highest BCUT2D eigenvalue weighted by Crippen LogP contribution is 2.08. The molecule has 0 aliphatic carbocycles. The molecular formula is C19H18O4. The molecule has 0 unspecified atom stereocenters. The number of esters is 2. The summed E-state index contributed by atoms with van der Waals surface area (Å²) in [6.07, 6.45) is 3.11. The fourth-order valence-corrected chi connectivity index (χ4v) is 1.90. The zero-order chi connectivity index (χ0) is 16.7. The van der Waals surface area contributed by atoms with Gasteiger partial charge in [-0.3, -0.25) is 0 Å². The third-order valence-corrected chi connectivity index (χ3v) is 3.25. The van der Waals surface area contributed by atoms with E-state index in [-0.39, 0.29) is 6.61 Å². The number of benzene rings is 2. The van der Waals surface area contributed by atoms with E-state index in [9.17, 15) is 9.59 Å². The Morgan fingerprint density at radius 1 is 1.00 bits per heavy atom. The third-order valence-electron chi connectivity index (χ3n) is 3.25. The van der Waals surface area contributed by atoms with E-state index in [1.807, 2.05) is 31.2 Å². The van der Waals surface area contributed by atoms with Crippen molar-refractivity contribution in [1.82, 2.24) is 0 Å². The number of hydrogen-bond acceptors (Lipinski definition) is 4. The zero-order valence-corrected chi connectivity index (χ0v) is 13.1. The normalized spacial score (nSPS) is 10.5. The van der Waals surface area contributed by atoms with Gasteiger partial charge < -0.3 is 9.47 Å². The third kappa shape index (κ3) is 5.11. The number of aryl methyl sites for hydroxylation is 1. The van der Waals surface area contributed by atoms with Crippen LogP contribution in [0.5, 0.6) is 0 Å². The van der Waals surface area contributed by atoms with Crippen LogP contribution in [0.1, 0.15) is 27.0 Å². The van der Waals surface area contributed by atoms with Crippen LogP contribution in [0, 0.1) is 6.92 Å². The number of hydrogen-bond donors (Lipinski definition) is 0. The average Bonchev–Trinajstić information content (AvgIpc) is 2.59. The lowest BCUT2D eigenvalue weighted by molar-refractivity contribution is -0.138. The Bertz CT molecular complexity index is 697. The van der Waals surface area contributed by atoms with Crippen molar-refractivity contribution in [3.8, 4) is 0 Å². The van der Waals surface area contributed by atoms with Crippen LogP contribution in [0.15, 0.2) is 54.6 Å². The van der Waals surface area contributed by atoms with E-state index in [2.05, 4.69) is 4.74 Å². The Balaban J connectivity index is 1.86. The van der Waals surface area contributed by atoms with Crippen LogP contribution in [-0.2, 0) is 20.9 Å². The SMILES string of the molecule is COC(=O)c1ccc(COC(=O)/C=C\c2ccc(C)cc2)cc1. The quantitative estimate of drug-likeness (QED) is 0.626. The molecule has 4 nitrogen and oxygen atoms in total. The molecule has 0 atom stereocenters. The number of rotatable bonds is 5. The van der Waals surface area contributed by atoms with Gasteiger partial charge in [-0.05, 0) is 36.3 Å². The van der Waals surface area contributed by atoms with Gasteiger partial charge in [0.25, 0.3) is 0 Å². The van der Waals surface area contributed by atoms with E-state index in [4.69, 9.17) is 4.74 Å². The first-order valence-electron chi connectivity index (χ1n) is 7.17. The summed E-state index contributed by atoms with van der Waals surface area (Å²) >= 11 is 0. The van der Waals surface area contributed by atoms with E-state index in [0.29, 0.717) is 5.56 Å². The molecule has 0 spiro atoms. The molecule has 23 heavy (non-hydrogen) atoms. The highest BCUT2D eigenvalue weighted by Gasteiger charge is 2.05. The maximum Gasteiger partial charge on any atom is 0.337 e. The van der Waals surface area contributed by atoms with E-state index >= 15 is 0 Å². The molecule has 0 aliphatic heterocycles. The molecule has 0 aliphatic rings. The van der Waals surface area contributed by atoms with Gasteiger partial charge in [0.2, 0.25) is 0 Å². The minimum atomic E-state index is -0.414. The fourth-order valence-electron chi connectivity index (χ4n) is 1.90. The van der Waals surface area contributed by atoms with Crippen molar-refractivity contribution >= 4 is 18.0 Å². The van der Waals surface area contributed by atoms with E-state index in [0.717, 1.165) is 11.1 Å². The van der Waals surface area contributed by atoms with Gasteiger partial charge in [0, 0.05) is 6.08 Å². The summed E-state index contributed by atoms with van der Waals surface area (Å²) in [5, 5.41) is 0. The monoisotopic (exact) mass is 310 g/mol. The summed E-state index contributed by atoms with van der Waals surface area (Å²) in [6, 6.07) is 14.6. The van der Waals surface area contributed by atoms with Gasteiger partial charge >= 0.3 is 11.9 Å². The van der Waals surface area contributed by atoms with Crippen molar-refractivity contribution < 1.29 is 19.1 Å². The molecule has 0 heterocycles. The highest BCUT2D eigenvalue weighted by molar-refractivity contribution is 5.89. The molecule has 2 aromatic carbocycles. The number of carbonyl (C=O) groups is 2. The van der Waals surface area contributed by atoms with Crippen molar-refractivity contribution in [3.05, 3.63) is 76.9 Å². The first-order chi connectivity index (χ1) is 11.1. The van der Waals surface area contributed by atoms with Crippen LogP contribution >= 0.6 is 0 Å². The number of methoxy groups -OCH3 is 1. The lowest BCUT2D eigenvalue weighted by atomic mass is 10.1. The Kier molecular flexibility index (Phi) is 5.69. The van der Waals surface area contributed by atoms with E-state index in [1.54, 1.807) is 30.3 Å². The standard InChI is InChI=1S/C19H18O4/c1-14-3-5-15(6-4-14)9-12-18(20)23-13-16-7-10-17(11-8-16)19(21)22-2/h3-12H,13H2,1-2H3/b12-9-. The minimum Gasteiger partial charge on any atom is -0.465 e. The lowest BCUT2D eigenvalue weighted by Gasteiger charge is -2.04. The van der Waals surface area contributed by atoms with Gasteiger partial charge in [0.15, 0.2) is 0 Å². The number of carbonyl (C=O) groups excluding carboxylic acids is 2. The second-order valence-corrected chi connectivity index (χ2v) is 5.04. The molecule has 0 bridgehead atoms. The maximum atomic E-state index is 11.7. The molecule has 0 N–H and O–H groups in total. The summed E-state index contributed by atoms with van der Waals surface area (Å²) < 4.78 is 9.78.